The Morgan fingerprint density at radius 2 is 1.52 bits per heavy atom. The predicted octanol–water partition coefficient (Wildman–Crippen LogP) is 2.90. The molecule has 0 aliphatic carbocycles. The van der Waals surface area contributed by atoms with E-state index in [1.807, 2.05) is 0 Å². The maximum absolute atomic E-state index is 12.4. The van der Waals surface area contributed by atoms with E-state index in [0.717, 1.165) is 0 Å². The lowest BCUT2D eigenvalue weighted by Crippen LogP contribution is -2.03. The molecule has 0 saturated heterocycles. The first-order chi connectivity index (χ1) is 12.0. The number of hydrogen-bond donors (Lipinski definition) is 2. The highest BCUT2D eigenvalue weighted by molar-refractivity contribution is 5.83. The third-order valence-electron chi connectivity index (χ3n) is 3.82. The molecule has 0 aliphatic heterocycles. The van der Waals surface area contributed by atoms with Crippen LogP contribution >= 0.6 is 0 Å². The van der Waals surface area contributed by atoms with Crippen LogP contribution in [0, 0.1) is 0 Å². The van der Waals surface area contributed by atoms with Gasteiger partial charge in [-0.3, -0.25) is 4.79 Å². The number of hydrogen-bond acceptors (Lipinski definition) is 7. The van der Waals surface area contributed by atoms with Crippen molar-refractivity contribution in [2.24, 2.45) is 0 Å². The first-order valence-corrected chi connectivity index (χ1v) is 7.29. The van der Waals surface area contributed by atoms with Crippen LogP contribution in [-0.4, -0.2) is 31.5 Å². The van der Waals surface area contributed by atoms with Crippen LogP contribution in [0.1, 0.15) is 0 Å². The van der Waals surface area contributed by atoms with Gasteiger partial charge in [-0.25, -0.2) is 0 Å². The first-order valence-electron chi connectivity index (χ1n) is 7.29. The molecule has 1 heterocycles. The van der Waals surface area contributed by atoms with E-state index in [2.05, 4.69) is 0 Å². The predicted molar refractivity (Wildman–Crippen MR) is 90.9 cm³/mol. The van der Waals surface area contributed by atoms with E-state index in [1.54, 1.807) is 12.1 Å². The summed E-state index contributed by atoms with van der Waals surface area (Å²) in [5.74, 6) is -0.0784. The smallest absolute Gasteiger partial charge is 0.235 e. The normalized spacial score (nSPS) is 10.7. The highest BCUT2D eigenvalue weighted by Crippen LogP contribution is 2.42. The van der Waals surface area contributed by atoms with Gasteiger partial charge >= 0.3 is 0 Å². The van der Waals surface area contributed by atoms with Gasteiger partial charge in [0, 0.05) is 11.6 Å². The van der Waals surface area contributed by atoms with Gasteiger partial charge in [0.25, 0.3) is 0 Å². The van der Waals surface area contributed by atoms with Crippen molar-refractivity contribution in [2.45, 2.75) is 0 Å². The summed E-state index contributed by atoms with van der Waals surface area (Å²) in [7, 11) is 4.25. The summed E-state index contributed by atoms with van der Waals surface area (Å²) >= 11 is 0. The van der Waals surface area contributed by atoms with Crippen LogP contribution in [-0.2, 0) is 0 Å². The molecule has 7 heteroatoms. The molecule has 0 unspecified atom stereocenters. The Labute approximate surface area is 142 Å². The minimum Gasteiger partial charge on any atom is -0.502 e. The fraction of sp³-hybridized carbons (Fsp3) is 0.167. The van der Waals surface area contributed by atoms with E-state index in [4.69, 9.17) is 18.6 Å². The number of benzene rings is 2. The Bertz CT molecular complexity index is 979. The molecule has 0 radical (unpaired) electrons. The summed E-state index contributed by atoms with van der Waals surface area (Å²) in [5, 5.41) is 20.5. The van der Waals surface area contributed by atoms with Crippen molar-refractivity contribution in [3.63, 3.8) is 0 Å². The zero-order valence-corrected chi connectivity index (χ0v) is 13.8. The van der Waals surface area contributed by atoms with Crippen LogP contribution in [0.15, 0.2) is 39.5 Å². The third-order valence-corrected chi connectivity index (χ3v) is 3.82. The molecule has 0 aliphatic rings. The van der Waals surface area contributed by atoms with Crippen LogP contribution < -0.4 is 19.6 Å². The zero-order chi connectivity index (χ0) is 18.1. The molecule has 0 spiro atoms. The van der Waals surface area contributed by atoms with Gasteiger partial charge in [-0.15, -0.1) is 0 Å². The first kappa shape index (κ1) is 16.5. The quantitative estimate of drug-likeness (QED) is 0.751. The Hall–Kier alpha value is -3.35. The second kappa shape index (κ2) is 6.27. The van der Waals surface area contributed by atoms with E-state index in [1.165, 1.54) is 39.5 Å². The van der Waals surface area contributed by atoms with Crippen LogP contribution in [0.5, 0.6) is 28.7 Å². The van der Waals surface area contributed by atoms with Gasteiger partial charge in [0.05, 0.1) is 26.7 Å². The van der Waals surface area contributed by atoms with Crippen molar-refractivity contribution in [3.05, 3.63) is 40.6 Å². The summed E-state index contributed by atoms with van der Waals surface area (Å²) in [5.41, 5.74) is -0.0149. The molecule has 1 aromatic heterocycles. The van der Waals surface area contributed by atoms with E-state index >= 15 is 0 Å². The number of methoxy groups -OCH3 is 3. The van der Waals surface area contributed by atoms with Crippen molar-refractivity contribution in [1.82, 2.24) is 0 Å². The van der Waals surface area contributed by atoms with Crippen molar-refractivity contribution < 1.29 is 28.8 Å². The molecule has 2 aromatic carbocycles. The van der Waals surface area contributed by atoms with E-state index in [0.29, 0.717) is 11.3 Å². The fourth-order valence-electron chi connectivity index (χ4n) is 2.51. The average Bonchev–Trinajstić information content (AvgIpc) is 2.64. The highest BCUT2D eigenvalue weighted by Gasteiger charge is 2.20. The molecule has 7 nitrogen and oxygen atoms in total. The number of rotatable bonds is 4. The maximum atomic E-state index is 12.4. The number of aromatic hydroxyl groups is 2. The monoisotopic (exact) mass is 344 g/mol. The van der Waals surface area contributed by atoms with Gasteiger partial charge in [-0.1, -0.05) is 0 Å². The van der Waals surface area contributed by atoms with Crippen molar-refractivity contribution in [3.8, 4) is 40.1 Å². The molecule has 0 amide bonds. The van der Waals surface area contributed by atoms with Gasteiger partial charge in [0.1, 0.15) is 11.3 Å². The lowest BCUT2D eigenvalue weighted by atomic mass is 10.1. The largest absolute Gasteiger partial charge is 0.502 e. The summed E-state index contributed by atoms with van der Waals surface area (Å²) < 4.78 is 21.0. The molecule has 0 saturated carbocycles. The van der Waals surface area contributed by atoms with E-state index in [-0.39, 0.29) is 34.0 Å². The van der Waals surface area contributed by atoms with Crippen LogP contribution in [0.4, 0.5) is 0 Å². The molecule has 130 valence electrons. The topological polar surface area (TPSA) is 98.4 Å². The zero-order valence-electron chi connectivity index (χ0n) is 13.8. The summed E-state index contributed by atoms with van der Waals surface area (Å²) in [6.07, 6.45) is 0. The SMILES string of the molecule is COc1ccc2c(=O)c(O)c(-c3cc(OC)c(O)c(OC)c3)oc2c1. The molecule has 3 aromatic rings. The Morgan fingerprint density at radius 1 is 0.880 bits per heavy atom. The van der Waals surface area contributed by atoms with Gasteiger partial charge in [0.15, 0.2) is 17.3 Å². The second-order valence-corrected chi connectivity index (χ2v) is 5.20. The van der Waals surface area contributed by atoms with Crippen LogP contribution in [0.3, 0.4) is 0 Å². The lowest BCUT2D eigenvalue weighted by Gasteiger charge is -2.12. The number of phenolic OH excluding ortho intramolecular Hbond substituents is 1. The van der Waals surface area contributed by atoms with Crippen LogP contribution in [0.25, 0.3) is 22.3 Å². The number of fused-ring (bicyclic) bond motifs is 1. The second-order valence-electron chi connectivity index (χ2n) is 5.20. The van der Waals surface area contributed by atoms with Gasteiger partial charge in [-0.05, 0) is 24.3 Å². The minimum atomic E-state index is -0.579. The van der Waals surface area contributed by atoms with E-state index < -0.39 is 11.2 Å². The summed E-state index contributed by atoms with van der Waals surface area (Å²) in [6, 6.07) is 7.53. The lowest BCUT2D eigenvalue weighted by molar-refractivity contribution is 0.340. The minimum absolute atomic E-state index is 0.0673. The van der Waals surface area contributed by atoms with Crippen molar-refractivity contribution in [2.75, 3.05) is 21.3 Å². The average molecular weight is 344 g/mol. The number of phenols is 1. The van der Waals surface area contributed by atoms with E-state index in [9.17, 15) is 15.0 Å². The number of ether oxygens (including phenoxy) is 3. The molecular formula is C18H16O7. The van der Waals surface area contributed by atoms with Gasteiger partial charge in [0.2, 0.25) is 16.9 Å². The Morgan fingerprint density at radius 3 is 2.08 bits per heavy atom. The summed E-state index contributed by atoms with van der Waals surface area (Å²) in [4.78, 5) is 12.4. The molecular weight excluding hydrogens is 328 g/mol. The van der Waals surface area contributed by atoms with Crippen molar-refractivity contribution >= 4 is 11.0 Å². The van der Waals surface area contributed by atoms with Gasteiger partial charge < -0.3 is 28.8 Å². The maximum Gasteiger partial charge on any atom is 0.235 e. The molecule has 0 bridgehead atoms. The highest BCUT2D eigenvalue weighted by atomic mass is 16.5. The molecule has 0 fully saturated rings. The Kier molecular flexibility index (Phi) is 4.14. The van der Waals surface area contributed by atoms with Crippen molar-refractivity contribution in [1.29, 1.82) is 0 Å². The third kappa shape index (κ3) is 2.69. The molecule has 25 heavy (non-hydrogen) atoms. The molecule has 3 rings (SSSR count). The summed E-state index contributed by atoms with van der Waals surface area (Å²) in [6.45, 7) is 0. The molecule has 0 atom stereocenters. The van der Waals surface area contributed by atoms with Gasteiger partial charge in [-0.2, -0.15) is 0 Å². The molecule has 2 N–H and O–H groups in total. The van der Waals surface area contributed by atoms with Crippen LogP contribution in [0.2, 0.25) is 0 Å². The Balaban J connectivity index is 2.32. The standard InChI is InChI=1S/C18H16O7/c1-22-10-4-5-11-12(8-10)25-18(17(21)15(11)19)9-6-13(23-2)16(20)14(7-9)24-3/h4-8,20-21H,1-3H3. The fourth-order valence-corrected chi connectivity index (χ4v) is 2.51.